The highest BCUT2D eigenvalue weighted by Crippen LogP contribution is 2.46. The van der Waals surface area contributed by atoms with Gasteiger partial charge in [0.1, 0.15) is 0 Å². The van der Waals surface area contributed by atoms with Crippen molar-refractivity contribution in [1.29, 1.82) is 0 Å². The number of rotatable bonds is 8. The fourth-order valence-electron chi connectivity index (χ4n) is 8.28. The Kier molecular flexibility index (Phi) is 8.55. The van der Waals surface area contributed by atoms with Crippen LogP contribution >= 0.6 is 0 Å². The maximum atomic E-state index is 2.46. The van der Waals surface area contributed by atoms with Crippen LogP contribution in [0.5, 0.6) is 0 Å². The van der Waals surface area contributed by atoms with Gasteiger partial charge in [-0.25, -0.2) is 0 Å². The summed E-state index contributed by atoms with van der Waals surface area (Å²) < 4.78 is 2.40. The van der Waals surface area contributed by atoms with E-state index in [0.29, 0.717) is 0 Å². The third-order valence-corrected chi connectivity index (χ3v) is 10.8. The van der Waals surface area contributed by atoms with Crippen LogP contribution in [0.1, 0.15) is 0 Å². The molecule has 0 bridgehead atoms. The van der Waals surface area contributed by atoms with E-state index in [2.05, 4.69) is 240 Å². The monoisotopic (exact) mass is 714 g/mol. The van der Waals surface area contributed by atoms with E-state index in [4.69, 9.17) is 0 Å². The topological polar surface area (TPSA) is 8.17 Å². The fraction of sp³-hybridized carbons (Fsp3) is 0. The Morgan fingerprint density at radius 3 is 1.46 bits per heavy atom. The molecule has 2 nitrogen and oxygen atoms in total. The van der Waals surface area contributed by atoms with Gasteiger partial charge in [-0.3, -0.25) is 0 Å². The molecule has 56 heavy (non-hydrogen) atoms. The lowest BCUT2D eigenvalue weighted by molar-refractivity contribution is 1.18. The molecule has 0 saturated carbocycles. The molecule has 0 amide bonds. The lowest BCUT2D eigenvalue weighted by Gasteiger charge is -2.28. The van der Waals surface area contributed by atoms with Crippen molar-refractivity contribution in [3.05, 3.63) is 231 Å². The summed E-state index contributed by atoms with van der Waals surface area (Å²) in [6.45, 7) is 0. The van der Waals surface area contributed by atoms with Gasteiger partial charge in [0, 0.05) is 27.8 Å². The first-order valence-corrected chi connectivity index (χ1v) is 19.2. The number of fused-ring (bicyclic) bond motifs is 3. The molecule has 10 aromatic rings. The van der Waals surface area contributed by atoms with Crippen molar-refractivity contribution in [1.82, 2.24) is 4.57 Å². The average Bonchev–Trinajstić information content (AvgIpc) is 3.63. The van der Waals surface area contributed by atoms with Gasteiger partial charge in [-0.1, -0.05) is 176 Å². The summed E-state index contributed by atoms with van der Waals surface area (Å²) in [4.78, 5) is 2.46. The summed E-state index contributed by atoms with van der Waals surface area (Å²) in [5.41, 5.74) is 16.3. The highest BCUT2D eigenvalue weighted by molar-refractivity contribution is 6.16. The van der Waals surface area contributed by atoms with Crippen molar-refractivity contribution in [2.75, 3.05) is 4.90 Å². The van der Waals surface area contributed by atoms with Crippen molar-refractivity contribution >= 4 is 38.9 Å². The van der Waals surface area contributed by atoms with Crippen molar-refractivity contribution in [2.24, 2.45) is 0 Å². The third-order valence-electron chi connectivity index (χ3n) is 10.8. The number of hydrogen-bond acceptors (Lipinski definition) is 1. The lowest BCUT2D eigenvalue weighted by Crippen LogP contribution is -2.11. The van der Waals surface area contributed by atoms with E-state index in [0.717, 1.165) is 33.8 Å². The van der Waals surface area contributed by atoms with E-state index < -0.39 is 0 Å². The van der Waals surface area contributed by atoms with Crippen LogP contribution in [0, 0.1) is 0 Å². The molecule has 0 unspecified atom stereocenters. The molecule has 0 aliphatic carbocycles. The maximum Gasteiger partial charge on any atom is 0.0562 e. The summed E-state index contributed by atoms with van der Waals surface area (Å²) in [6.07, 6.45) is 0. The first kappa shape index (κ1) is 33.2. The Labute approximate surface area is 327 Å². The summed E-state index contributed by atoms with van der Waals surface area (Å²) >= 11 is 0. The largest absolute Gasteiger partial charge is 0.310 e. The second-order valence-electron chi connectivity index (χ2n) is 14.1. The van der Waals surface area contributed by atoms with Gasteiger partial charge >= 0.3 is 0 Å². The van der Waals surface area contributed by atoms with E-state index in [-0.39, 0.29) is 0 Å². The zero-order chi connectivity index (χ0) is 37.3. The SMILES string of the molecule is c1ccc(-c2ccccc2-c2cccc(N(c3ccc(-c4ccccc4)c(-c4ccccc4)c3)c3cccc4c3c3ccccc3n4-c3ccccc3)c2)cc1. The zero-order valence-corrected chi connectivity index (χ0v) is 30.8. The van der Waals surface area contributed by atoms with Gasteiger partial charge in [-0.2, -0.15) is 0 Å². The Balaban J connectivity index is 1.25. The molecule has 0 atom stereocenters. The molecule has 0 fully saturated rings. The van der Waals surface area contributed by atoms with Crippen LogP contribution in [0.25, 0.3) is 72.0 Å². The first-order chi connectivity index (χ1) is 27.8. The number of nitrogens with zero attached hydrogens (tertiary/aromatic N) is 2. The molecule has 0 N–H and O–H groups in total. The minimum atomic E-state index is 1.08. The lowest BCUT2D eigenvalue weighted by atomic mass is 9.93. The number of aromatic nitrogens is 1. The summed E-state index contributed by atoms with van der Waals surface area (Å²) in [6, 6.07) is 83.1. The van der Waals surface area contributed by atoms with Crippen LogP contribution < -0.4 is 4.90 Å². The first-order valence-electron chi connectivity index (χ1n) is 19.2. The van der Waals surface area contributed by atoms with Gasteiger partial charge < -0.3 is 9.47 Å². The number of anilines is 3. The van der Waals surface area contributed by atoms with Gasteiger partial charge in [0.2, 0.25) is 0 Å². The highest BCUT2D eigenvalue weighted by Gasteiger charge is 2.23. The summed E-state index contributed by atoms with van der Waals surface area (Å²) in [5, 5.41) is 2.41. The molecule has 0 saturated heterocycles. The molecular weight excluding hydrogens is 677 g/mol. The van der Waals surface area contributed by atoms with E-state index in [1.807, 2.05) is 0 Å². The average molecular weight is 715 g/mol. The van der Waals surface area contributed by atoms with Gasteiger partial charge in [0.05, 0.1) is 16.7 Å². The van der Waals surface area contributed by atoms with Gasteiger partial charge in [0.15, 0.2) is 0 Å². The van der Waals surface area contributed by atoms with Crippen molar-refractivity contribution in [3.8, 4) is 50.2 Å². The minimum absolute atomic E-state index is 1.08. The predicted molar refractivity (Wildman–Crippen MR) is 237 cm³/mol. The Morgan fingerprint density at radius 1 is 0.304 bits per heavy atom. The van der Waals surface area contributed by atoms with E-state index in [1.165, 1.54) is 55.2 Å². The standard InChI is InChI=1S/C54H38N2/c1-5-19-39(20-6-1)46-29-13-14-30-47(46)42-25-17-28-44(37-42)55(45-35-36-48(40-21-7-2-8-22-40)50(38-45)41-23-9-3-10-24-41)52-33-18-34-53-54(52)49-31-15-16-32-51(49)56(53)43-26-11-4-12-27-43/h1-38H. The second-order valence-corrected chi connectivity index (χ2v) is 14.1. The van der Waals surface area contributed by atoms with Crippen LogP contribution in [0.4, 0.5) is 17.1 Å². The molecule has 2 heteroatoms. The van der Waals surface area contributed by atoms with Crippen LogP contribution in [0.15, 0.2) is 231 Å². The molecular formula is C54H38N2. The molecule has 0 aliphatic heterocycles. The minimum Gasteiger partial charge on any atom is -0.310 e. The number of benzene rings is 9. The molecule has 0 aliphatic rings. The normalized spacial score (nSPS) is 11.2. The van der Waals surface area contributed by atoms with Gasteiger partial charge in [0.25, 0.3) is 0 Å². The van der Waals surface area contributed by atoms with Crippen molar-refractivity contribution in [3.63, 3.8) is 0 Å². The van der Waals surface area contributed by atoms with Crippen LogP contribution in [0.2, 0.25) is 0 Å². The molecule has 9 aromatic carbocycles. The molecule has 10 rings (SSSR count). The molecule has 1 heterocycles. The summed E-state index contributed by atoms with van der Waals surface area (Å²) in [5.74, 6) is 0. The highest BCUT2D eigenvalue weighted by atomic mass is 15.1. The number of para-hydroxylation sites is 2. The number of hydrogen-bond donors (Lipinski definition) is 0. The maximum absolute atomic E-state index is 2.46. The quantitative estimate of drug-likeness (QED) is 0.152. The van der Waals surface area contributed by atoms with E-state index in [9.17, 15) is 0 Å². The second kappa shape index (κ2) is 14.4. The van der Waals surface area contributed by atoms with Crippen molar-refractivity contribution < 1.29 is 0 Å². The third kappa shape index (κ3) is 5.95. The zero-order valence-electron chi connectivity index (χ0n) is 30.8. The summed E-state index contributed by atoms with van der Waals surface area (Å²) in [7, 11) is 0. The Morgan fingerprint density at radius 2 is 0.786 bits per heavy atom. The van der Waals surface area contributed by atoms with Crippen LogP contribution in [0.3, 0.4) is 0 Å². The van der Waals surface area contributed by atoms with Gasteiger partial charge in [-0.15, -0.1) is 0 Å². The fourth-order valence-corrected chi connectivity index (χ4v) is 8.28. The molecule has 0 radical (unpaired) electrons. The van der Waals surface area contributed by atoms with E-state index in [1.54, 1.807) is 0 Å². The Hall–Kier alpha value is -7.42. The van der Waals surface area contributed by atoms with Crippen molar-refractivity contribution in [2.45, 2.75) is 0 Å². The predicted octanol–water partition coefficient (Wildman–Crippen LogP) is 14.9. The molecule has 264 valence electrons. The smallest absolute Gasteiger partial charge is 0.0562 e. The van der Waals surface area contributed by atoms with Crippen LogP contribution in [-0.4, -0.2) is 4.57 Å². The molecule has 1 aromatic heterocycles. The molecule has 0 spiro atoms. The van der Waals surface area contributed by atoms with Crippen LogP contribution in [-0.2, 0) is 0 Å². The Bertz CT molecular complexity index is 2950. The van der Waals surface area contributed by atoms with E-state index >= 15 is 0 Å². The van der Waals surface area contributed by atoms with Gasteiger partial charge in [-0.05, 0) is 99.1 Å².